The Bertz CT molecular complexity index is 1240. The second-order valence-electron chi connectivity index (χ2n) is 7.83. The first-order chi connectivity index (χ1) is 16.0. The van der Waals surface area contributed by atoms with Crippen molar-refractivity contribution >= 4 is 28.7 Å². The van der Waals surface area contributed by atoms with Gasteiger partial charge in [0, 0.05) is 41.4 Å². The third-order valence-electron chi connectivity index (χ3n) is 4.88. The minimum Gasteiger partial charge on any atom is -0.369 e. The Hall–Kier alpha value is -3.62. The number of carbonyl (C=O) groups is 1. The number of para-hydroxylation sites is 1. The maximum absolute atomic E-state index is 13.3. The highest BCUT2D eigenvalue weighted by atomic mass is 32.1. The molecule has 0 saturated carbocycles. The second kappa shape index (κ2) is 10.3. The Morgan fingerprint density at radius 3 is 2.52 bits per heavy atom. The van der Waals surface area contributed by atoms with Crippen molar-refractivity contribution in [1.29, 1.82) is 0 Å². The summed E-state index contributed by atoms with van der Waals surface area (Å²) in [5, 5.41) is 7.18. The van der Waals surface area contributed by atoms with Gasteiger partial charge in [-0.15, -0.1) is 11.3 Å². The molecule has 0 spiro atoms. The van der Waals surface area contributed by atoms with Crippen LogP contribution in [0.25, 0.3) is 22.0 Å². The Kier molecular flexibility index (Phi) is 7.07. The lowest BCUT2D eigenvalue weighted by Gasteiger charge is -2.13. The maximum Gasteiger partial charge on any atom is 0.274 e. The van der Waals surface area contributed by atoms with E-state index < -0.39 is 0 Å². The molecule has 8 heteroatoms. The van der Waals surface area contributed by atoms with E-state index in [1.807, 2.05) is 81.8 Å². The quantitative estimate of drug-likeness (QED) is 0.395. The van der Waals surface area contributed by atoms with Crippen molar-refractivity contribution in [3.8, 4) is 22.0 Å². The SMILES string of the molecule is Cc1cnc(-c2ccccc2NC(=O)c2cc(NCCN(C)C)nc(-c3ccccc3)n2)s1. The van der Waals surface area contributed by atoms with Crippen molar-refractivity contribution in [2.75, 3.05) is 37.8 Å². The zero-order chi connectivity index (χ0) is 23.2. The number of likely N-dealkylation sites (N-methyl/N-ethyl adjacent to an activating group) is 1. The summed E-state index contributed by atoms with van der Waals surface area (Å²) in [4.78, 5) is 30.1. The van der Waals surface area contributed by atoms with Crippen LogP contribution in [0.5, 0.6) is 0 Å². The van der Waals surface area contributed by atoms with Gasteiger partial charge in [-0.3, -0.25) is 4.79 Å². The van der Waals surface area contributed by atoms with Crippen molar-refractivity contribution in [1.82, 2.24) is 19.9 Å². The number of carbonyl (C=O) groups excluding carboxylic acids is 1. The molecule has 0 bridgehead atoms. The molecule has 0 atom stereocenters. The van der Waals surface area contributed by atoms with Crippen molar-refractivity contribution in [3.05, 3.63) is 77.4 Å². The lowest BCUT2D eigenvalue weighted by atomic mass is 10.1. The molecule has 2 aromatic carbocycles. The number of rotatable bonds is 8. The largest absolute Gasteiger partial charge is 0.369 e. The molecular formula is C25H26N6OS. The van der Waals surface area contributed by atoms with Gasteiger partial charge in [-0.2, -0.15) is 0 Å². The molecule has 0 unspecified atom stereocenters. The minimum atomic E-state index is -0.300. The highest BCUT2D eigenvalue weighted by Gasteiger charge is 2.16. The molecule has 2 aromatic heterocycles. The highest BCUT2D eigenvalue weighted by molar-refractivity contribution is 7.15. The van der Waals surface area contributed by atoms with E-state index in [-0.39, 0.29) is 5.91 Å². The first-order valence-electron chi connectivity index (χ1n) is 10.7. The maximum atomic E-state index is 13.3. The molecule has 0 aliphatic carbocycles. The standard InChI is InChI=1S/C25H26N6OS/c1-17-16-27-25(33-17)19-11-7-8-12-20(19)29-24(32)21-15-22(26-13-14-31(2)3)30-23(28-21)18-9-5-4-6-10-18/h4-12,15-16H,13-14H2,1-3H3,(H,29,32)(H,26,28,30). The van der Waals surface area contributed by atoms with Gasteiger partial charge in [-0.1, -0.05) is 42.5 Å². The summed E-state index contributed by atoms with van der Waals surface area (Å²) >= 11 is 1.59. The van der Waals surface area contributed by atoms with E-state index in [1.165, 1.54) is 0 Å². The van der Waals surface area contributed by atoms with E-state index in [0.29, 0.717) is 29.6 Å². The summed E-state index contributed by atoms with van der Waals surface area (Å²) in [6.07, 6.45) is 1.83. The molecule has 0 aliphatic heterocycles. The monoisotopic (exact) mass is 458 g/mol. The average molecular weight is 459 g/mol. The van der Waals surface area contributed by atoms with Crippen LogP contribution in [-0.2, 0) is 0 Å². The van der Waals surface area contributed by atoms with Crippen molar-refractivity contribution < 1.29 is 4.79 Å². The van der Waals surface area contributed by atoms with E-state index in [4.69, 9.17) is 0 Å². The zero-order valence-corrected chi connectivity index (χ0v) is 19.7. The van der Waals surface area contributed by atoms with Gasteiger partial charge in [0.15, 0.2) is 5.82 Å². The molecule has 2 heterocycles. The molecule has 0 aliphatic rings. The van der Waals surface area contributed by atoms with Crippen LogP contribution in [0.3, 0.4) is 0 Å². The van der Waals surface area contributed by atoms with Crippen LogP contribution in [0.4, 0.5) is 11.5 Å². The Balaban J connectivity index is 1.64. The highest BCUT2D eigenvalue weighted by Crippen LogP contribution is 2.31. The third-order valence-corrected chi connectivity index (χ3v) is 5.83. The molecule has 0 radical (unpaired) electrons. The number of benzene rings is 2. The Morgan fingerprint density at radius 1 is 1.03 bits per heavy atom. The lowest BCUT2D eigenvalue weighted by molar-refractivity contribution is 0.102. The average Bonchev–Trinajstić information content (AvgIpc) is 3.25. The van der Waals surface area contributed by atoms with Gasteiger partial charge in [-0.25, -0.2) is 15.0 Å². The number of thiazole rings is 1. The van der Waals surface area contributed by atoms with Gasteiger partial charge in [0.1, 0.15) is 16.5 Å². The fourth-order valence-corrected chi connectivity index (χ4v) is 4.03. The summed E-state index contributed by atoms with van der Waals surface area (Å²) in [5.41, 5.74) is 2.72. The minimum absolute atomic E-state index is 0.293. The van der Waals surface area contributed by atoms with Gasteiger partial charge < -0.3 is 15.5 Å². The van der Waals surface area contributed by atoms with Crippen LogP contribution in [0.2, 0.25) is 0 Å². The molecule has 0 saturated heterocycles. The number of aryl methyl sites for hydroxylation is 1. The third kappa shape index (κ3) is 5.79. The molecule has 4 aromatic rings. The van der Waals surface area contributed by atoms with Gasteiger partial charge in [0.2, 0.25) is 0 Å². The van der Waals surface area contributed by atoms with Crippen LogP contribution in [-0.4, -0.2) is 52.9 Å². The van der Waals surface area contributed by atoms with Gasteiger partial charge in [0.25, 0.3) is 5.91 Å². The van der Waals surface area contributed by atoms with Crippen LogP contribution >= 0.6 is 11.3 Å². The summed E-state index contributed by atoms with van der Waals surface area (Å²) < 4.78 is 0. The molecule has 0 fully saturated rings. The number of nitrogens with one attached hydrogen (secondary N) is 2. The molecule has 7 nitrogen and oxygen atoms in total. The zero-order valence-electron chi connectivity index (χ0n) is 18.9. The second-order valence-corrected chi connectivity index (χ2v) is 9.07. The van der Waals surface area contributed by atoms with Gasteiger partial charge >= 0.3 is 0 Å². The summed E-state index contributed by atoms with van der Waals surface area (Å²) in [7, 11) is 4.02. The van der Waals surface area contributed by atoms with E-state index in [2.05, 4.69) is 30.5 Å². The summed E-state index contributed by atoms with van der Waals surface area (Å²) in [6, 6.07) is 19.0. The van der Waals surface area contributed by atoms with Crippen molar-refractivity contribution in [2.24, 2.45) is 0 Å². The summed E-state index contributed by atoms with van der Waals surface area (Å²) in [5.74, 6) is 0.810. The fourth-order valence-electron chi connectivity index (χ4n) is 3.22. The molecule has 2 N–H and O–H groups in total. The number of nitrogens with zero attached hydrogens (tertiary/aromatic N) is 4. The van der Waals surface area contributed by atoms with E-state index in [9.17, 15) is 4.79 Å². The van der Waals surface area contributed by atoms with Crippen LogP contribution in [0.1, 0.15) is 15.4 Å². The molecule has 168 valence electrons. The van der Waals surface area contributed by atoms with E-state index >= 15 is 0 Å². The first kappa shape index (κ1) is 22.6. The summed E-state index contributed by atoms with van der Waals surface area (Å²) in [6.45, 7) is 3.55. The number of anilines is 2. The van der Waals surface area contributed by atoms with Gasteiger partial charge in [0.05, 0.1) is 5.69 Å². The molecule has 1 amide bonds. The van der Waals surface area contributed by atoms with E-state index in [1.54, 1.807) is 17.4 Å². The van der Waals surface area contributed by atoms with Crippen LogP contribution < -0.4 is 10.6 Å². The number of aromatic nitrogens is 3. The van der Waals surface area contributed by atoms with Crippen LogP contribution in [0, 0.1) is 6.92 Å². The Labute approximate surface area is 197 Å². The van der Waals surface area contributed by atoms with Gasteiger partial charge in [-0.05, 0) is 33.2 Å². The smallest absolute Gasteiger partial charge is 0.274 e. The lowest BCUT2D eigenvalue weighted by Crippen LogP contribution is -2.22. The number of amides is 1. The number of hydrogen-bond donors (Lipinski definition) is 2. The molecule has 4 rings (SSSR count). The van der Waals surface area contributed by atoms with Crippen molar-refractivity contribution in [3.63, 3.8) is 0 Å². The first-order valence-corrected chi connectivity index (χ1v) is 11.5. The fraction of sp³-hybridized carbons (Fsp3) is 0.200. The number of hydrogen-bond acceptors (Lipinski definition) is 7. The molecule has 33 heavy (non-hydrogen) atoms. The van der Waals surface area contributed by atoms with Crippen LogP contribution in [0.15, 0.2) is 66.9 Å². The topological polar surface area (TPSA) is 83.0 Å². The predicted octanol–water partition coefficient (Wildman–Crippen LogP) is 4.80. The van der Waals surface area contributed by atoms with Crippen molar-refractivity contribution in [2.45, 2.75) is 6.92 Å². The van der Waals surface area contributed by atoms with E-state index in [0.717, 1.165) is 27.6 Å². The normalized spacial score (nSPS) is 10.9. The predicted molar refractivity (Wildman–Crippen MR) is 135 cm³/mol. The Morgan fingerprint density at radius 2 is 1.79 bits per heavy atom. The molecular weight excluding hydrogens is 432 g/mol.